The van der Waals surface area contributed by atoms with E-state index in [1.165, 1.54) is 24.8 Å². The van der Waals surface area contributed by atoms with Crippen LogP contribution in [0.15, 0.2) is 78.0 Å². The number of hydrogen-bond donors (Lipinski definition) is 0. The number of hydrogen-bond acceptors (Lipinski definition) is 5. The molecule has 184 valence electrons. The molecule has 3 aromatic carbocycles. The number of cyclic esters (lactones) is 1. The average Bonchev–Trinajstić information content (AvgIpc) is 3.29. The molecular weight excluding hydrogens is 461 g/mol. The lowest BCUT2D eigenvalue weighted by molar-refractivity contribution is -0.136. The summed E-state index contributed by atoms with van der Waals surface area (Å²) in [5, 5.41) is 0. The fourth-order valence-electron chi connectivity index (χ4n) is 4.68. The third kappa shape index (κ3) is 4.44. The lowest BCUT2D eigenvalue weighted by atomic mass is 9.84. The Morgan fingerprint density at radius 1 is 0.972 bits per heavy atom. The second-order valence-electron chi connectivity index (χ2n) is 8.77. The zero-order valence-corrected chi connectivity index (χ0v) is 20.1. The van der Waals surface area contributed by atoms with Gasteiger partial charge in [0, 0.05) is 18.0 Å². The lowest BCUT2D eigenvalue weighted by Crippen LogP contribution is -2.37. The van der Waals surface area contributed by atoms with Crippen LogP contribution in [0, 0.1) is 5.82 Å². The van der Waals surface area contributed by atoms with Gasteiger partial charge in [-0.1, -0.05) is 37.3 Å². The van der Waals surface area contributed by atoms with Crippen molar-refractivity contribution in [3.63, 3.8) is 0 Å². The van der Waals surface area contributed by atoms with Gasteiger partial charge in [0.05, 0.1) is 18.4 Å². The second-order valence-corrected chi connectivity index (χ2v) is 8.77. The molecule has 2 heterocycles. The van der Waals surface area contributed by atoms with Gasteiger partial charge in [0.25, 0.3) is 0 Å². The Balaban J connectivity index is 1.44. The third-order valence-electron chi connectivity index (χ3n) is 6.62. The zero-order valence-electron chi connectivity index (χ0n) is 20.1. The minimum Gasteiger partial charge on any atom is -0.493 e. The number of aryl methyl sites for hydroxylation is 1. The molecule has 0 saturated heterocycles. The highest BCUT2D eigenvalue weighted by molar-refractivity contribution is 6.06. The Morgan fingerprint density at radius 3 is 2.39 bits per heavy atom. The fraction of sp³-hybridized carbons (Fsp3) is 0.241. The van der Waals surface area contributed by atoms with Crippen LogP contribution in [0.5, 0.6) is 11.5 Å². The molecular formula is C29H26FNO5. The number of carbonyl (C=O) groups excluding carboxylic acids is 2. The van der Waals surface area contributed by atoms with E-state index in [0.29, 0.717) is 22.8 Å². The van der Waals surface area contributed by atoms with E-state index >= 15 is 0 Å². The van der Waals surface area contributed by atoms with Crippen molar-refractivity contribution in [2.75, 3.05) is 18.6 Å². The molecule has 3 aromatic rings. The summed E-state index contributed by atoms with van der Waals surface area (Å²) in [5.41, 5.74) is 4.56. The molecule has 0 aromatic heterocycles. The number of rotatable bonds is 7. The quantitative estimate of drug-likeness (QED) is 0.423. The van der Waals surface area contributed by atoms with Gasteiger partial charge in [0.15, 0.2) is 11.5 Å². The van der Waals surface area contributed by atoms with Crippen molar-refractivity contribution < 1.29 is 28.2 Å². The fourth-order valence-corrected chi connectivity index (χ4v) is 4.68. The molecule has 1 atom stereocenters. The Hall–Kier alpha value is -4.13. The van der Waals surface area contributed by atoms with Crippen molar-refractivity contribution in [1.29, 1.82) is 0 Å². The van der Waals surface area contributed by atoms with Gasteiger partial charge in [-0.15, -0.1) is 0 Å². The molecule has 0 radical (unpaired) electrons. The van der Waals surface area contributed by atoms with E-state index in [1.807, 2.05) is 30.3 Å². The molecule has 1 amide bonds. The van der Waals surface area contributed by atoms with Crippen LogP contribution >= 0.6 is 0 Å². The van der Waals surface area contributed by atoms with Gasteiger partial charge >= 0.3 is 5.97 Å². The normalized spacial score (nSPS) is 17.2. The third-order valence-corrected chi connectivity index (χ3v) is 6.62. The first-order valence-corrected chi connectivity index (χ1v) is 11.9. The summed E-state index contributed by atoms with van der Waals surface area (Å²) in [6.07, 6.45) is 1.03. The number of ether oxygens (including phenoxy) is 3. The molecule has 0 aliphatic carbocycles. The van der Waals surface area contributed by atoms with E-state index < -0.39 is 11.9 Å². The van der Waals surface area contributed by atoms with Crippen molar-refractivity contribution in [2.45, 2.75) is 32.3 Å². The van der Waals surface area contributed by atoms with Crippen molar-refractivity contribution >= 4 is 17.6 Å². The summed E-state index contributed by atoms with van der Waals surface area (Å²) in [6.45, 7) is 2.37. The number of amides is 1. The average molecular weight is 488 g/mol. The highest BCUT2D eigenvalue weighted by atomic mass is 19.1. The van der Waals surface area contributed by atoms with Crippen molar-refractivity contribution in [1.82, 2.24) is 0 Å². The molecule has 6 nitrogen and oxygen atoms in total. The van der Waals surface area contributed by atoms with E-state index in [2.05, 4.69) is 6.92 Å². The van der Waals surface area contributed by atoms with Crippen LogP contribution in [0.2, 0.25) is 0 Å². The second kappa shape index (κ2) is 9.85. The van der Waals surface area contributed by atoms with Crippen LogP contribution in [0.4, 0.5) is 10.1 Å². The molecule has 1 unspecified atom stereocenters. The first kappa shape index (κ1) is 23.6. The maximum Gasteiger partial charge on any atom is 0.336 e. The van der Waals surface area contributed by atoms with Gasteiger partial charge in [-0.25, -0.2) is 9.18 Å². The molecule has 0 spiro atoms. The van der Waals surface area contributed by atoms with E-state index in [-0.39, 0.29) is 31.4 Å². The van der Waals surface area contributed by atoms with Crippen molar-refractivity contribution in [3.05, 3.63) is 101 Å². The molecule has 2 aliphatic rings. The molecule has 5 rings (SSSR count). The highest BCUT2D eigenvalue weighted by Gasteiger charge is 2.43. The van der Waals surface area contributed by atoms with Gasteiger partial charge in [-0.3, -0.25) is 9.69 Å². The number of benzene rings is 3. The first-order valence-electron chi connectivity index (χ1n) is 11.9. The maximum atomic E-state index is 13.3. The minimum atomic E-state index is -0.450. The Bertz CT molecular complexity index is 1330. The molecule has 36 heavy (non-hydrogen) atoms. The number of nitrogens with zero attached hydrogens (tertiary/aromatic N) is 1. The SMILES string of the molecule is CCc1ccc(N2C(=O)CC(c3ccc(OCc4ccc(F)cc4)c(OC)c3)C3=C2COC3=O)cc1. The van der Waals surface area contributed by atoms with E-state index in [4.69, 9.17) is 14.2 Å². The summed E-state index contributed by atoms with van der Waals surface area (Å²) < 4.78 is 30.0. The lowest BCUT2D eigenvalue weighted by Gasteiger charge is -2.32. The van der Waals surface area contributed by atoms with Crippen LogP contribution in [0.25, 0.3) is 0 Å². The van der Waals surface area contributed by atoms with Gasteiger partial charge < -0.3 is 14.2 Å². The summed E-state index contributed by atoms with van der Waals surface area (Å²) in [4.78, 5) is 27.7. The number of carbonyl (C=O) groups is 2. The van der Waals surface area contributed by atoms with Crippen LogP contribution in [0.1, 0.15) is 36.0 Å². The summed E-state index contributed by atoms with van der Waals surface area (Å²) >= 11 is 0. The molecule has 0 fully saturated rings. The predicted octanol–water partition coefficient (Wildman–Crippen LogP) is 5.31. The van der Waals surface area contributed by atoms with Crippen molar-refractivity contribution in [2.24, 2.45) is 0 Å². The number of halogens is 1. The summed E-state index contributed by atoms with van der Waals surface area (Å²) in [5.74, 6) is -0.279. The van der Waals surface area contributed by atoms with Gasteiger partial charge in [-0.2, -0.15) is 0 Å². The summed E-state index contributed by atoms with van der Waals surface area (Å²) in [7, 11) is 1.53. The summed E-state index contributed by atoms with van der Waals surface area (Å²) in [6, 6.07) is 19.3. The smallest absolute Gasteiger partial charge is 0.336 e. The topological polar surface area (TPSA) is 65.1 Å². The Labute approximate surface area is 208 Å². The largest absolute Gasteiger partial charge is 0.493 e. The van der Waals surface area contributed by atoms with Crippen molar-refractivity contribution in [3.8, 4) is 11.5 Å². The van der Waals surface area contributed by atoms with Gasteiger partial charge in [-0.05, 0) is 59.5 Å². The number of anilines is 1. The van der Waals surface area contributed by atoms with Crippen LogP contribution < -0.4 is 14.4 Å². The standard InChI is InChI=1S/C29H26FNO5/c1-3-18-6-11-22(12-7-18)31-24-17-36-29(33)28(24)23(15-27(31)32)20-8-13-25(26(14-20)34-2)35-16-19-4-9-21(30)10-5-19/h4-14,23H,3,15-17H2,1-2H3. The van der Waals surface area contributed by atoms with Gasteiger partial charge in [0.1, 0.15) is 19.0 Å². The highest BCUT2D eigenvalue weighted by Crippen LogP contribution is 2.43. The van der Waals surface area contributed by atoms with Crippen LogP contribution in [0.3, 0.4) is 0 Å². The Kier molecular flexibility index (Phi) is 6.46. The van der Waals surface area contributed by atoms with Crippen LogP contribution in [-0.4, -0.2) is 25.6 Å². The molecule has 2 aliphatic heterocycles. The zero-order chi connectivity index (χ0) is 25.2. The van der Waals surface area contributed by atoms with E-state index in [0.717, 1.165) is 23.2 Å². The predicted molar refractivity (Wildman–Crippen MR) is 132 cm³/mol. The first-order chi connectivity index (χ1) is 17.5. The van der Waals surface area contributed by atoms with Crippen LogP contribution in [-0.2, 0) is 27.4 Å². The monoisotopic (exact) mass is 487 g/mol. The van der Waals surface area contributed by atoms with E-state index in [9.17, 15) is 14.0 Å². The molecule has 7 heteroatoms. The number of esters is 1. The Morgan fingerprint density at radius 2 is 1.69 bits per heavy atom. The minimum absolute atomic E-state index is 0.0575. The molecule has 0 bridgehead atoms. The maximum absolute atomic E-state index is 13.3. The molecule has 0 N–H and O–H groups in total. The van der Waals surface area contributed by atoms with E-state index in [1.54, 1.807) is 29.2 Å². The molecule has 0 saturated carbocycles. The van der Waals surface area contributed by atoms with Gasteiger partial charge in [0.2, 0.25) is 5.91 Å². The number of methoxy groups -OCH3 is 1.